The summed E-state index contributed by atoms with van der Waals surface area (Å²) < 4.78 is 0. The van der Waals surface area contributed by atoms with Gasteiger partial charge in [0.25, 0.3) is 0 Å². The number of aromatic nitrogens is 1. The lowest BCUT2D eigenvalue weighted by Gasteiger charge is -2.28. The summed E-state index contributed by atoms with van der Waals surface area (Å²) >= 11 is 0. The van der Waals surface area contributed by atoms with Crippen LogP contribution in [0.4, 0.5) is 5.82 Å². The first kappa shape index (κ1) is 15.2. The van der Waals surface area contributed by atoms with Crippen LogP contribution in [0.1, 0.15) is 70.8 Å². The molecule has 0 spiro atoms. The maximum absolute atomic E-state index is 4.88. The van der Waals surface area contributed by atoms with Gasteiger partial charge in [0.2, 0.25) is 0 Å². The molecule has 2 nitrogen and oxygen atoms in total. The van der Waals surface area contributed by atoms with Crippen LogP contribution in [0, 0.1) is 11.8 Å². The summed E-state index contributed by atoms with van der Waals surface area (Å²) in [6.45, 7) is 5.88. The molecule has 1 aromatic rings. The SMILES string of the molecule is CCC(C)CC1CCCN1c1ccc(C(=C2CC2)C2CC2)cn1. The van der Waals surface area contributed by atoms with Crippen molar-refractivity contribution >= 4 is 11.4 Å². The molecule has 2 saturated carbocycles. The third-order valence-corrected chi connectivity index (χ3v) is 5.97. The van der Waals surface area contributed by atoms with Crippen LogP contribution < -0.4 is 4.90 Å². The van der Waals surface area contributed by atoms with E-state index in [0.29, 0.717) is 6.04 Å². The number of hydrogen-bond donors (Lipinski definition) is 0. The van der Waals surface area contributed by atoms with E-state index in [1.165, 1.54) is 69.3 Å². The fourth-order valence-corrected chi connectivity index (χ4v) is 4.16. The number of nitrogens with zero attached hydrogens (tertiary/aromatic N) is 2. The highest BCUT2D eigenvalue weighted by Gasteiger charge is 2.33. The Morgan fingerprint density at radius 3 is 2.70 bits per heavy atom. The largest absolute Gasteiger partial charge is 0.354 e. The van der Waals surface area contributed by atoms with Gasteiger partial charge in [-0.1, -0.05) is 25.8 Å². The second-order valence-electron chi connectivity index (χ2n) is 7.94. The molecule has 0 bridgehead atoms. The number of pyridine rings is 1. The van der Waals surface area contributed by atoms with Crippen molar-refractivity contribution in [2.24, 2.45) is 11.8 Å². The molecule has 3 aliphatic rings. The molecule has 0 radical (unpaired) electrons. The van der Waals surface area contributed by atoms with Crippen LogP contribution >= 0.6 is 0 Å². The van der Waals surface area contributed by atoms with Crippen molar-refractivity contribution in [3.8, 4) is 0 Å². The molecule has 4 rings (SSSR count). The lowest BCUT2D eigenvalue weighted by molar-refractivity contribution is 0.450. The average molecular weight is 310 g/mol. The van der Waals surface area contributed by atoms with Gasteiger partial charge < -0.3 is 4.90 Å². The Labute approximate surface area is 141 Å². The Bertz CT molecular complexity index is 576. The zero-order chi connectivity index (χ0) is 15.8. The Morgan fingerprint density at radius 1 is 1.26 bits per heavy atom. The van der Waals surface area contributed by atoms with E-state index in [4.69, 9.17) is 4.98 Å². The lowest BCUT2D eigenvalue weighted by Crippen LogP contribution is -2.31. The summed E-state index contributed by atoms with van der Waals surface area (Å²) in [5.74, 6) is 2.88. The minimum Gasteiger partial charge on any atom is -0.354 e. The third-order valence-electron chi connectivity index (χ3n) is 5.97. The van der Waals surface area contributed by atoms with E-state index in [1.54, 1.807) is 11.1 Å². The smallest absolute Gasteiger partial charge is 0.128 e. The fourth-order valence-electron chi connectivity index (χ4n) is 4.16. The van der Waals surface area contributed by atoms with Gasteiger partial charge in [-0.25, -0.2) is 4.98 Å². The maximum Gasteiger partial charge on any atom is 0.128 e. The molecular formula is C21H30N2. The molecular weight excluding hydrogens is 280 g/mol. The Morgan fingerprint density at radius 2 is 2.09 bits per heavy atom. The molecule has 0 aromatic carbocycles. The Kier molecular flexibility index (Phi) is 4.17. The molecule has 2 unspecified atom stereocenters. The number of anilines is 1. The fraction of sp³-hybridized carbons (Fsp3) is 0.667. The van der Waals surface area contributed by atoms with Crippen LogP contribution in [-0.4, -0.2) is 17.6 Å². The molecule has 0 N–H and O–H groups in total. The second kappa shape index (κ2) is 6.30. The quantitative estimate of drug-likeness (QED) is 0.695. The van der Waals surface area contributed by atoms with Crippen molar-refractivity contribution in [3.05, 3.63) is 29.5 Å². The van der Waals surface area contributed by atoms with Gasteiger partial charge in [0.15, 0.2) is 0 Å². The van der Waals surface area contributed by atoms with Crippen molar-refractivity contribution in [3.63, 3.8) is 0 Å². The normalized spacial score (nSPS) is 24.9. The van der Waals surface area contributed by atoms with Crippen LogP contribution in [0.2, 0.25) is 0 Å². The van der Waals surface area contributed by atoms with Gasteiger partial charge >= 0.3 is 0 Å². The van der Waals surface area contributed by atoms with Gasteiger partial charge in [0, 0.05) is 18.8 Å². The molecule has 0 amide bonds. The first-order valence-corrected chi connectivity index (χ1v) is 9.71. The minimum atomic E-state index is 0.702. The molecule has 124 valence electrons. The third kappa shape index (κ3) is 3.32. The van der Waals surface area contributed by atoms with Gasteiger partial charge in [-0.2, -0.15) is 0 Å². The minimum absolute atomic E-state index is 0.702. The second-order valence-corrected chi connectivity index (χ2v) is 7.94. The number of rotatable bonds is 6. The van der Waals surface area contributed by atoms with Crippen molar-refractivity contribution in [1.82, 2.24) is 4.98 Å². The molecule has 1 aromatic heterocycles. The first-order chi connectivity index (χ1) is 11.3. The lowest BCUT2D eigenvalue weighted by atomic mass is 9.98. The zero-order valence-corrected chi connectivity index (χ0v) is 14.7. The van der Waals surface area contributed by atoms with Gasteiger partial charge in [-0.05, 0) is 80.1 Å². The molecule has 2 aliphatic carbocycles. The van der Waals surface area contributed by atoms with E-state index in [-0.39, 0.29) is 0 Å². The maximum atomic E-state index is 4.88. The van der Waals surface area contributed by atoms with Gasteiger partial charge in [-0.15, -0.1) is 0 Å². The summed E-state index contributed by atoms with van der Waals surface area (Å²) in [7, 11) is 0. The van der Waals surface area contributed by atoms with E-state index in [2.05, 4.69) is 37.1 Å². The highest BCUT2D eigenvalue weighted by Crippen LogP contribution is 2.49. The molecule has 3 fully saturated rings. The Hall–Kier alpha value is -1.31. The van der Waals surface area contributed by atoms with E-state index >= 15 is 0 Å². The van der Waals surface area contributed by atoms with Crippen LogP contribution in [0.15, 0.2) is 23.9 Å². The van der Waals surface area contributed by atoms with Crippen molar-refractivity contribution in [2.45, 2.75) is 71.3 Å². The summed E-state index contributed by atoms with van der Waals surface area (Å²) in [4.78, 5) is 7.44. The van der Waals surface area contributed by atoms with Crippen LogP contribution in [0.3, 0.4) is 0 Å². The molecule has 2 atom stereocenters. The van der Waals surface area contributed by atoms with E-state index in [1.807, 2.05) is 0 Å². The molecule has 1 aliphatic heterocycles. The predicted molar refractivity (Wildman–Crippen MR) is 97.6 cm³/mol. The molecule has 2 heteroatoms. The monoisotopic (exact) mass is 310 g/mol. The summed E-state index contributed by atoms with van der Waals surface area (Å²) in [6, 6.07) is 5.34. The van der Waals surface area contributed by atoms with Crippen LogP contribution in [0.25, 0.3) is 5.57 Å². The van der Waals surface area contributed by atoms with Crippen molar-refractivity contribution in [1.29, 1.82) is 0 Å². The van der Waals surface area contributed by atoms with Crippen molar-refractivity contribution in [2.75, 3.05) is 11.4 Å². The average Bonchev–Trinajstić information content (AvgIpc) is 3.50. The van der Waals surface area contributed by atoms with Gasteiger partial charge in [0.05, 0.1) is 0 Å². The summed E-state index contributed by atoms with van der Waals surface area (Å²) in [5, 5.41) is 0. The van der Waals surface area contributed by atoms with E-state index < -0.39 is 0 Å². The van der Waals surface area contributed by atoms with Crippen LogP contribution in [0.5, 0.6) is 0 Å². The number of allylic oxidation sites excluding steroid dienone is 2. The predicted octanol–water partition coefficient (Wildman–Crippen LogP) is 5.44. The summed E-state index contributed by atoms with van der Waals surface area (Å²) in [5.41, 5.74) is 4.76. The molecule has 2 heterocycles. The van der Waals surface area contributed by atoms with Crippen LogP contribution in [-0.2, 0) is 0 Å². The van der Waals surface area contributed by atoms with Gasteiger partial charge in [0.1, 0.15) is 5.82 Å². The van der Waals surface area contributed by atoms with Gasteiger partial charge in [-0.3, -0.25) is 0 Å². The molecule has 23 heavy (non-hydrogen) atoms. The van der Waals surface area contributed by atoms with E-state index in [9.17, 15) is 0 Å². The molecule has 1 saturated heterocycles. The number of hydrogen-bond acceptors (Lipinski definition) is 2. The Balaban J connectivity index is 1.50. The van der Waals surface area contributed by atoms with Crippen molar-refractivity contribution < 1.29 is 0 Å². The summed E-state index contributed by atoms with van der Waals surface area (Å²) in [6.07, 6.45) is 12.9. The zero-order valence-electron chi connectivity index (χ0n) is 14.7. The highest BCUT2D eigenvalue weighted by atomic mass is 15.2. The standard InChI is InChI=1S/C21H30N2/c1-3-15(2)13-19-5-4-12-23(19)20-11-10-18(14-22-20)21(16-6-7-16)17-8-9-17/h10-11,14-16,19H,3-9,12-13H2,1-2H3. The topological polar surface area (TPSA) is 16.1 Å². The first-order valence-electron chi connectivity index (χ1n) is 9.71. The van der Waals surface area contributed by atoms with E-state index in [0.717, 1.165) is 11.8 Å². The highest BCUT2D eigenvalue weighted by molar-refractivity contribution is 5.74.